The summed E-state index contributed by atoms with van der Waals surface area (Å²) in [5.41, 5.74) is 13.3. The Hall–Kier alpha value is -5.59. The van der Waals surface area contributed by atoms with Gasteiger partial charge in [-0.1, -0.05) is 103 Å². The van der Waals surface area contributed by atoms with E-state index in [1.165, 1.54) is 10.8 Å². The van der Waals surface area contributed by atoms with Gasteiger partial charge >= 0.3 is 0 Å². The predicted octanol–water partition coefficient (Wildman–Crippen LogP) is 7.91. The number of rotatable bonds is 6. The molecule has 202 valence electrons. The van der Waals surface area contributed by atoms with Crippen LogP contribution in [0.15, 0.2) is 140 Å². The molecule has 2 heterocycles. The van der Waals surface area contributed by atoms with E-state index in [0.717, 1.165) is 33.5 Å². The Kier molecular flexibility index (Phi) is 6.51. The zero-order chi connectivity index (χ0) is 28.5. The first-order valence-electron chi connectivity index (χ1n) is 13.8. The van der Waals surface area contributed by atoms with E-state index >= 15 is 0 Å². The van der Waals surface area contributed by atoms with Gasteiger partial charge in [-0.25, -0.2) is 9.97 Å². The smallest absolute Gasteiger partial charge is 0.215 e. The number of ether oxygens (including phenoxy) is 1. The Balaban J connectivity index is 1.23. The molecule has 6 nitrogen and oxygen atoms in total. The second-order valence-corrected chi connectivity index (χ2v) is 10.0. The van der Waals surface area contributed by atoms with E-state index in [4.69, 9.17) is 25.8 Å². The first-order valence-corrected chi connectivity index (χ1v) is 13.8. The number of hydrogen-bond acceptors (Lipinski definition) is 5. The minimum absolute atomic E-state index is 0.0359. The monoisotopic (exact) mass is 545 g/mol. The van der Waals surface area contributed by atoms with E-state index in [9.17, 15) is 0 Å². The summed E-state index contributed by atoms with van der Waals surface area (Å²) in [6.07, 6.45) is -0.970. The average molecular weight is 546 g/mol. The van der Waals surface area contributed by atoms with Crippen LogP contribution in [-0.4, -0.2) is 20.4 Å². The molecule has 6 heteroatoms. The van der Waals surface area contributed by atoms with Gasteiger partial charge in [-0.15, -0.1) is 0 Å². The molecule has 0 aliphatic heterocycles. The number of para-hydroxylation sites is 2. The Labute approximate surface area is 243 Å². The second kappa shape index (κ2) is 10.8. The molecular formula is C36H27N5O. The van der Waals surface area contributed by atoms with E-state index in [-0.39, 0.29) is 5.90 Å². The van der Waals surface area contributed by atoms with E-state index in [1.807, 2.05) is 103 Å². The largest absolute Gasteiger partial charge is 0.453 e. The Morgan fingerprint density at radius 2 is 1.24 bits per heavy atom. The molecular weight excluding hydrogens is 518 g/mol. The average Bonchev–Trinajstić information content (AvgIpc) is 3.40. The molecule has 0 saturated heterocycles. The minimum Gasteiger partial charge on any atom is -0.453 e. The van der Waals surface area contributed by atoms with Crippen molar-refractivity contribution in [3.05, 3.63) is 151 Å². The number of aromatic nitrogens is 3. The van der Waals surface area contributed by atoms with Gasteiger partial charge in [0.05, 0.1) is 16.7 Å². The molecule has 0 spiro atoms. The van der Waals surface area contributed by atoms with Gasteiger partial charge in [0.2, 0.25) is 5.90 Å². The maximum Gasteiger partial charge on any atom is 0.215 e. The van der Waals surface area contributed by atoms with Crippen molar-refractivity contribution in [1.82, 2.24) is 14.5 Å². The third-order valence-corrected chi connectivity index (χ3v) is 7.33. The lowest BCUT2D eigenvalue weighted by Gasteiger charge is -2.17. The molecule has 2 aromatic heterocycles. The van der Waals surface area contributed by atoms with Gasteiger partial charge in [-0.2, -0.15) is 0 Å². The molecule has 7 rings (SSSR count). The summed E-state index contributed by atoms with van der Waals surface area (Å²) in [6, 6.07) is 46.0. The number of benzene rings is 5. The standard InChI is InChI=1S/C36H27N5O/c37-34(26-16-11-17-27(22-26)41-32-20-9-7-18-28(32)29-19-8-10-21-33(29)41)42-35(38)31-23-30(24-12-3-1-4-13-24)39-36(40-31)25-14-5-2-6-15-25/h1-23,35,37H,38H2. The summed E-state index contributed by atoms with van der Waals surface area (Å²) in [6.45, 7) is 0. The van der Waals surface area contributed by atoms with Crippen LogP contribution in [0.4, 0.5) is 0 Å². The van der Waals surface area contributed by atoms with Crippen molar-refractivity contribution in [3.8, 4) is 28.3 Å². The summed E-state index contributed by atoms with van der Waals surface area (Å²) >= 11 is 0. The predicted molar refractivity (Wildman–Crippen MR) is 169 cm³/mol. The lowest BCUT2D eigenvalue weighted by Crippen LogP contribution is -2.21. The van der Waals surface area contributed by atoms with Crippen LogP contribution in [-0.2, 0) is 4.74 Å². The molecule has 0 radical (unpaired) electrons. The molecule has 0 aliphatic carbocycles. The van der Waals surface area contributed by atoms with Crippen LogP contribution >= 0.6 is 0 Å². The Bertz CT molecular complexity index is 1940. The number of nitrogens with zero attached hydrogens (tertiary/aromatic N) is 3. The Morgan fingerprint density at radius 3 is 1.90 bits per heavy atom. The normalized spacial score (nSPS) is 11.9. The molecule has 3 N–H and O–H groups in total. The minimum atomic E-state index is -0.970. The van der Waals surface area contributed by atoms with Crippen molar-refractivity contribution in [1.29, 1.82) is 5.41 Å². The van der Waals surface area contributed by atoms with Gasteiger partial charge in [0.15, 0.2) is 12.1 Å². The molecule has 0 fully saturated rings. The SMILES string of the molecule is N=C(OC(N)c1cc(-c2ccccc2)nc(-c2ccccc2)n1)c1cccc(-n2c3ccccc3c3ccccc32)c1. The second-order valence-electron chi connectivity index (χ2n) is 10.0. The highest BCUT2D eigenvalue weighted by Gasteiger charge is 2.18. The summed E-state index contributed by atoms with van der Waals surface area (Å²) in [5, 5.41) is 11.2. The van der Waals surface area contributed by atoms with Crippen molar-refractivity contribution in [2.24, 2.45) is 5.73 Å². The van der Waals surface area contributed by atoms with E-state index in [2.05, 4.69) is 41.0 Å². The maximum absolute atomic E-state index is 8.84. The third kappa shape index (κ3) is 4.70. The van der Waals surface area contributed by atoms with Crippen LogP contribution in [0, 0.1) is 5.41 Å². The first kappa shape index (κ1) is 25.4. The van der Waals surface area contributed by atoms with Crippen molar-refractivity contribution >= 4 is 27.7 Å². The molecule has 42 heavy (non-hydrogen) atoms. The summed E-state index contributed by atoms with van der Waals surface area (Å²) in [4.78, 5) is 9.55. The van der Waals surface area contributed by atoms with Gasteiger partial charge in [-0.05, 0) is 36.4 Å². The fourth-order valence-corrected chi connectivity index (χ4v) is 5.33. The van der Waals surface area contributed by atoms with Gasteiger partial charge in [0.1, 0.15) is 5.69 Å². The lowest BCUT2D eigenvalue weighted by molar-refractivity contribution is 0.194. The summed E-state index contributed by atoms with van der Waals surface area (Å²) < 4.78 is 8.23. The molecule has 5 aromatic carbocycles. The van der Waals surface area contributed by atoms with Gasteiger partial charge in [0.25, 0.3) is 0 Å². The molecule has 0 bridgehead atoms. The quantitative estimate of drug-likeness (QED) is 0.126. The summed E-state index contributed by atoms with van der Waals surface area (Å²) in [7, 11) is 0. The highest BCUT2D eigenvalue weighted by Crippen LogP contribution is 2.32. The van der Waals surface area contributed by atoms with Gasteiger partial charge < -0.3 is 9.30 Å². The van der Waals surface area contributed by atoms with Gasteiger partial charge in [-0.3, -0.25) is 11.1 Å². The third-order valence-electron chi connectivity index (χ3n) is 7.33. The molecule has 0 amide bonds. The fourth-order valence-electron chi connectivity index (χ4n) is 5.33. The van der Waals surface area contributed by atoms with E-state index in [0.29, 0.717) is 17.1 Å². The van der Waals surface area contributed by atoms with Crippen molar-refractivity contribution in [2.45, 2.75) is 6.23 Å². The highest BCUT2D eigenvalue weighted by atomic mass is 16.5. The van der Waals surface area contributed by atoms with Crippen LogP contribution in [0.1, 0.15) is 17.5 Å². The zero-order valence-electron chi connectivity index (χ0n) is 22.7. The van der Waals surface area contributed by atoms with Crippen LogP contribution in [0.2, 0.25) is 0 Å². The molecule has 0 saturated carbocycles. The van der Waals surface area contributed by atoms with Crippen LogP contribution < -0.4 is 5.73 Å². The zero-order valence-corrected chi connectivity index (χ0v) is 22.7. The molecule has 7 aromatic rings. The van der Waals surface area contributed by atoms with Crippen molar-refractivity contribution < 1.29 is 4.74 Å². The van der Waals surface area contributed by atoms with E-state index in [1.54, 1.807) is 0 Å². The summed E-state index contributed by atoms with van der Waals surface area (Å²) in [5.74, 6) is 0.511. The van der Waals surface area contributed by atoms with Crippen LogP contribution in [0.25, 0.3) is 50.1 Å². The topological polar surface area (TPSA) is 89.8 Å². The van der Waals surface area contributed by atoms with E-state index < -0.39 is 6.23 Å². The molecule has 1 atom stereocenters. The van der Waals surface area contributed by atoms with Gasteiger partial charge in [0, 0.05) is 33.2 Å². The van der Waals surface area contributed by atoms with Crippen molar-refractivity contribution in [2.75, 3.05) is 0 Å². The van der Waals surface area contributed by atoms with Crippen LogP contribution in [0.5, 0.6) is 0 Å². The van der Waals surface area contributed by atoms with Crippen molar-refractivity contribution in [3.63, 3.8) is 0 Å². The maximum atomic E-state index is 8.84. The number of nitrogens with one attached hydrogen (secondary N) is 1. The molecule has 0 aliphatic rings. The highest BCUT2D eigenvalue weighted by molar-refractivity contribution is 6.09. The molecule has 1 unspecified atom stereocenters. The first-order chi connectivity index (χ1) is 20.7. The number of nitrogens with two attached hydrogens (primary N) is 1. The lowest BCUT2D eigenvalue weighted by atomic mass is 10.1. The Morgan fingerprint density at radius 1 is 0.643 bits per heavy atom. The number of hydrogen-bond donors (Lipinski definition) is 2. The fraction of sp³-hybridized carbons (Fsp3) is 0.0278. The van der Waals surface area contributed by atoms with Crippen LogP contribution in [0.3, 0.4) is 0 Å². The number of fused-ring (bicyclic) bond motifs is 3.